The number of hydrogen-bond donors (Lipinski definition) is 1. The number of hydrogen-bond acceptors (Lipinski definition) is 5. The summed E-state index contributed by atoms with van der Waals surface area (Å²) in [6.45, 7) is 5.38. The van der Waals surface area contributed by atoms with Crippen LogP contribution in [0.4, 0.5) is 5.82 Å². The smallest absolute Gasteiger partial charge is 0.225 e. The van der Waals surface area contributed by atoms with Gasteiger partial charge in [0.25, 0.3) is 0 Å². The van der Waals surface area contributed by atoms with Crippen LogP contribution in [-0.4, -0.2) is 49.5 Å². The first-order valence-corrected chi connectivity index (χ1v) is 6.85. The fourth-order valence-electron chi connectivity index (χ4n) is 2.50. The van der Waals surface area contributed by atoms with Crippen LogP contribution in [0.2, 0.25) is 0 Å². The van der Waals surface area contributed by atoms with Gasteiger partial charge in [-0.25, -0.2) is 4.98 Å². The zero-order valence-corrected chi connectivity index (χ0v) is 11.7. The lowest BCUT2D eigenvalue weighted by atomic mass is 10.2. The zero-order chi connectivity index (χ0) is 14.1. The molecular formula is C13H18N6O. The van der Waals surface area contributed by atoms with Crippen LogP contribution in [0, 0.1) is 5.92 Å². The Balaban J connectivity index is 1.71. The SMILES string of the molecule is CC(C)C(=O)N1CCC(Nc2nccn3cnnc23)C1. The molecule has 0 radical (unpaired) electrons. The fourth-order valence-corrected chi connectivity index (χ4v) is 2.50. The quantitative estimate of drug-likeness (QED) is 0.895. The summed E-state index contributed by atoms with van der Waals surface area (Å²) < 4.78 is 1.82. The van der Waals surface area contributed by atoms with E-state index in [1.54, 1.807) is 12.5 Å². The molecule has 1 aliphatic rings. The third-order valence-corrected chi connectivity index (χ3v) is 3.55. The van der Waals surface area contributed by atoms with Gasteiger partial charge in [0.2, 0.25) is 11.6 Å². The van der Waals surface area contributed by atoms with Gasteiger partial charge in [-0.15, -0.1) is 10.2 Å². The van der Waals surface area contributed by atoms with E-state index in [1.807, 2.05) is 29.3 Å². The fraction of sp³-hybridized carbons (Fsp3) is 0.538. The van der Waals surface area contributed by atoms with Gasteiger partial charge in [-0.05, 0) is 6.42 Å². The summed E-state index contributed by atoms with van der Waals surface area (Å²) in [5, 5.41) is 11.3. The Morgan fingerprint density at radius 3 is 3.15 bits per heavy atom. The Kier molecular flexibility index (Phi) is 3.25. The molecule has 1 unspecified atom stereocenters. The number of fused-ring (bicyclic) bond motifs is 1. The molecule has 0 spiro atoms. The van der Waals surface area contributed by atoms with Crippen molar-refractivity contribution >= 4 is 17.4 Å². The lowest BCUT2D eigenvalue weighted by Crippen LogP contribution is -2.34. The Hall–Kier alpha value is -2.18. The lowest BCUT2D eigenvalue weighted by molar-refractivity contribution is -0.133. The number of nitrogens with zero attached hydrogens (tertiary/aromatic N) is 5. The van der Waals surface area contributed by atoms with Gasteiger partial charge < -0.3 is 10.2 Å². The van der Waals surface area contributed by atoms with E-state index in [2.05, 4.69) is 20.5 Å². The largest absolute Gasteiger partial charge is 0.362 e. The van der Waals surface area contributed by atoms with Crippen LogP contribution in [0.1, 0.15) is 20.3 Å². The number of anilines is 1. The molecule has 3 heterocycles. The van der Waals surface area contributed by atoms with E-state index in [1.165, 1.54) is 0 Å². The minimum Gasteiger partial charge on any atom is -0.362 e. The minimum atomic E-state index is 0.0480. The van der Waals surface area contributed by atoms with Crippen LogP contribution in [-0.2, 0) is 4.79 Å². The number of carbonyl (C=O) groups is 1. The van der Waals surface area contributed by atoms with E-state index in [-0.39, 0.29) is 17.9 Å². The molecule has 3 rings (SSSR count). The van der Waals surface area contributed by atoms with E-state index in [9.17, 15) is 4.79 Å². The van der Waals surface area contributed by atoms with E-state index >= 15 is 0 Å². The molecule has 1 aliphatic heterocycles. The molecule has 1 saturated heterocycles. The molecule has 0 bridgehead atoms. The molecule has 0 aliphatic carbocycles. The summed E-state index contributed by atoms with van der Waals surface area (Å²) in [5.41, 5.74) is 0.709. The Labute approximate surface area is 117 Å². The highest BCUT2D eigenvalue weighted by atomic mass is 16.2. The van der Waals surface area contributed by atoms with Crippen LogP contribution < -0.4 is 5.32 Å². The maximum Gasteiger partial charge on any atom is 0.225 e. The second-order valence-electron chi connectivity index (χ2n) is 5.41. The summed E-state index contributed by atoms with van der Waals surface area (Å²) in [5.74, 6) is 0.976. The zero-order valence-electron chi connectivity index (χ0n) is 11.7. The van der Waals surface area contributed by atoms with Crippen LogP contribution >= 0.6 is 0 Å². The van der Waals surface area contributed by atoms with E-state index in [0.717, 1.165) is 13.0 Å². The van der Waals surface area contributed by atoms with Gasteiger partial charge in [-0.3, -0.25) is 9.20 Å². The summed E-state index contributed by atoms with van der Waals surface area (Å²) in [7, 11) is 0. The van der Waals surface area contributed by atoms with Crippen molar-refractivity contribution in [1.29, 1.82) is 0 Å². The van der Waals surface area contributed by atoms with Gasteiger partial charge in [0.15, 0.2) is 5.82 Å². The van der Waals surface area contributed by atoms with Crippen molar-refractivity contribution < 1.29 is 4.79 Å². The van der Waals surface area contributed by atoms with E-state index in [0.29, 0.717) is 18.0 Å². The highest BCUT2D eigenvalue weighted by Gasteiger charge is 2.28. The molecule has 2 aromatic rings. The monoisotopic (exact) mass is 274 g/mol. The maximum atomic E-state index is 12.0. The summed E-state index contributed by atoms with van der Waals surface area (Å²) in [6.07, 6.45) is 6.09. The normalized spacial score (nSPS) is 18.9. The minimum absolute atomic E-state index is 0.0480. The van der Waals surface area contributed by atoms with Crippen LogP contribution in [0.25, 0.3) is 5.65 Å². The van der Waals surface area contributed by atoms with Crippen molar-refractivity contribution in [3.8, 4) is 0 Å². The molecule has 0 aromatic carbocycles. The Morgan fingerprint density at radius 2 is 2.35 bits per heavy atom. The van der Waals surface area contributed by atoms with Gasteiger partial charge in [0, 0.05) is 37.4 Å². The molecular weight excluding hydrogens is 256 g/mol. The van der Waals surface area contributed by atoms with Gasteiger partial charge >= 0.3 is 0 Å². The average molecular weight is 274 g/mol. The number of nitrogens with one attached hydrogen (secondary N) is 1. The molecule has 1 atom stereocenters. The van der Waals surface area contributed by atoms with Crippen molar-refractivity contribution in [3.63, 3.8) is 0 Å². The second-order valence-corrected chi connectivity index (χ2v) is 5.41. The third kappa shape index (κ3) is 2.31. The van der Waals surface area contributed by atoms with E-state index in [4.69, 9.17) is 0 Å². The third-order valence-electron chi connectivity index (χ3n) is 3.55. The first-order valence-electron chi connectivity index (χ1n) is 6.85. The van der Waals surface area contributed by atoms with Crippen LogP contribution in [0.3, 0.4) is 0 Å². The molecule has 1 N–H and O–H groups in total. The summed E-state index contributed by atoms with van der Waals surface area (Å²) in [6, 6.07) is 0.216. The predicted molar refractivity (Wildman–Crippen MR) is 74.2 cm³/mol. The lowest BCUT2D eigenvalue weighted by Gasteiger charge is -2.19. The Morgan fingerprint density at radius 1 is 1.50 bits per heavy atom. The number of aromatic nitrogens is 4. The first kappa shape index (κ1) is 12.8. The van der Waals surface area contributed by atoms with Crippen molar-refractivity contribution in [3.05, 3.63) is 18.7 Å². The molecule has 20 heavy (non-hydrogen) atoms. The molecule has 106 valence electrons. The number of rotatable bonds is 3. The molecule has 1 fully saturated rings. The predicted octanol–water partition coefficient (Wildman–Crippen LogP) is 0.793. The second kappa shape index (κ2) is 5.07. The summed E-state index contributed by atoms with van der Waals surface area (Å²) >= 11 is 0. The van der Waals surface area contributed by atoms with Crippen molar-refractivity contribution in [2.45, 2.75) is 26.3 Å². The van der Waals surface area contributed by atoms with Crippen molar-refractivity contribution in [2.75, 3.05) is 18.4 Å². The standard InChI is InChI=1S/C13H18N6O/c1-9(2)13(20)18-5-3-10(7-18)16-11-12-17-15-8-19(12)6-4-14-11/h4,6,8-10H,3,5,7H2,1-2H3,(H,14,16). The molecule has 7 heteroatoms. The highest BCUT2D eigenvalue weighted by molar-refractivity contribution is 5.78. The molecule has 1 amide bonds. The number of amides is 1. The summed E-state index contributed by atoms with van der Waals surface area (Å²) in [4.78, 5) is 18.2. The molecule has 0 saturated carbocycles. The van der Waals surface area contributed by atoms with Crippen LogP contribution in [0.15, 0.2) is 18.7 Å². The number of likely N-dealkylation sites (tertiary alicyclic amines) is 1. The van der Waals surface area contributed by atoms with Gasteiger partial charge in [-0.1, -0.05) is 13.8 Å². The first-order chi connectivity index (χ1) is 9.65. The van der Waals surface area contributed by atoms with E-state index < -0.39 is 0 Å². The average Bonchev–Trinajstić information content (AvgIpc) is 3.06. The van der Waals surface area contributed by atoms with Crippen molar-refractivity contribution in [2.24, 2.45) is 5.92 Å². The van der Waals surface area contributed by atoms with Gasteiger partial charge in [0.1, 0.15) is 6.33 Å². The van der Waals surface area contributed by atoms with Crippen molar-refractivity contribution in [1.82, 2.24) is 24.5 Å². The van der Waals surface area contributed by atoms with Gasteiger partial charge in [0.05, 0.1) is 0 Å². The highest BCUT2D eigenvalue weighted by Crippen LogP contribution is 2.18. The number of carbonyl (C=O) groups excluding carboxylic acids is 1. The van der Waals surface area contributed by atoms with Gasteiger partial charge in [-0.2, -0.15) is 0 Å². The topological polar surface area (TPSA) is 75.4 Å². The Bertz CT molecular complexity index is 622. The maximum absolute atomic E-state index is 12.0. The van der Waals surface area contributed by atoms with Crippen LogP contribution in [0.5, 0.6) is 0 Å². The molecule has 2 aromatic heterocycles. The molecule has 7 nitrogen and oxygen atoms in total.